The molecule has 0 amide bonds. The Kier molecular flexibility index (Phi) is 3.55. The quantitative estimate of drug-likeness (QED) is 0.883. The molecule has 1 saturated carbocycles. The summed E-state index contributed by atoms with van der Waals surface area (Å²) in [5.74, 6) is -0.0280. The Labute approximate surface area is 123 Å². The van der Waals surface area contributed by atoms with Crippen LogP contribution in [0.1, 0.15) is 38.2 Å². The third-order valence-corrected chi connectivity index (χ3v) is 5.84. The molecule has 0 spiro atoms. The van der Waals surface area contributed by atoms with Crippen LogP contribution in [-0.2, 0) is 11.2 Å². The average Bonchev–Trinajstić information content (AvgIpc) is 3.05. The average molecular weight is 288 g/mol. The molecule has 1 N–H and O–H groups in total. The summed E-state index contributed by atoms with van der Waals surface area (Å²) < 4.78 is 1.26. The number of rotatable bonds is 4. The number of carbonyl (C=O) groups is 1. The molecule has 2 atom stereocenters. The molecule has 0 saturated heterocycles. The number of hydrogen-bond acceptors (Lipinski definition) is 2. The molecule has 3 heteroatoms. The number of hydrogen-bond donors (Lipinski definition) is 1. The van der Waals surface area contributed by atoms with Gasteiger partial charge in [0.15, 0.2) is 0 Å². The van der Waals surface area contributed by atoms with Crippen LogP contribution in [0.5, 0.6) is 0 Å². The maximum absolute atomic E-state index is 11.9. The van der Waals surface area contributed by atoms with Gasteiger partial charge in [-0.15, -0.1) is 11.3 Å². The number of carboxylic acid groups (broad SMARTS) is 1. The van der Waals surface area contributed by atoms with E-state index in [1.807, 2.05) is 12.1 Å². The molecule has 0 bridgehead atoms. The SMILES string of the molecule is CCC1CCC(Cc2csc3ccccc23)(C(=O)O)C1. The van der Waals surface area contributed by atoms with Crippen LogP contribution < -0.4 is 0 Å². The molecule has 1 fully saturated rings. The Bertz CT molecular complexity index is 631. The van der Waals surface area contributed by atoms with E-state index in [0.29, 0.717) is 12.3 Å². The summed E-state index contributed by atoms with van der Waals surface area (Å²) in [6.45, 7) is 2.17. The third kappa shape index (κ3) is 2.24. The Morgan fingerprint density at radius 1 is 1.45 bits per heavy atom. The van der Waals surface area contributed by atoms with E-state index in [9.17, 15) is 9.90 Å². The van der Waals surface area contributed by atoms with E-state index < -0.39 is 11.4 Å². The summed E-state index contributed by atoms with van der Waals surface area (Å²) in [5.41, 5.74) is 0.676. The van der Waals surface area contributed by atoms with Crippen molar-refractivity contribution < 1.29 is 9.90 Å². The first-order chi connectivity index (χ1) is 9.64. The molecule has 20 heavy (non-hydrogen) atoms. The highest BCUT2D eigenvalue weighted by molar-refractivity contribution is 7.17. The molecule has 1 aliphatic rings. The van der Waals surface area contributed by atoms with Gasteiger partial charge in [0.05, 0.1) is 5.41 Å². The van der Waals surface area contributed by atoms with Gasteiger partial charge in [-0.25, -0.2) is 0 Å². The summed E-state index contributed by atoms with van der Waals surface area (Å²) >= 11 is 1.72. The highest BCUT2D eigenvalue weighted by Crippen LogP contribution is 2.46. The van der Waals surface area contributed by atoms with Gasteiger partial charge in [0, 0.05) is 4.70 Å². The summed E-state index contributed by atoms with van der Waals surface area (Å²) in [4.78, 5) is 11.9. The molecule has 3 rings (SSSR count). The third-order valence-electron chi connectivity index (χ3n) is 4.83. The van der Waals surface area contributed by atoms with Gasteiger partial charge >= 0.3 is 5.97 Å². The minimum atomic E-state index is -0.608. The second-order valence-corrected chi connectivity index (χ2v) is 6.95. The van der Waals surface area contributed by atoms with Crippen molar-refractivity contribution in [3.63, 3.8) is 0 Å². The van der Waals surface area contributed by atoms with Gasteiger partial charge in [0.25, 0.3) is 0 Å². The molecule has 0 aliphatic heterocycles. The number of benzene rings is 1. The minimum absolute atomic E-state index is 0.537. The van der Waals surface area contributed by atoms with Crippen molar-refractivity contribution in [1.82, 2.24) is 0 Å². The van der Waals surface area contributed by atoms with Crippen molar-refractivity contribution in [3.8, 4) is 0 Å². The van der Waals surface area contributed by atoms with Crippen molar-refractivity contribution in [3.05, 3.63) is 35.2 Å². The van der Waals surface area contributed by atoms with Gasteiger partial charge in [-0.1, -0.05) is 31.5 Å². The van der Waals surface area contributed by atoms with Crippen LogP contribution in [0.25, 0.3) is 10.1 Å². The molecule has 106 valence electrons. The van der Waals surface area contributed by atoms with Gasteiger partial charge in [0.2, 0.25) is 0 Å². The van der Waals surface area contributed by atoms with Crippen molar-refractivity contribution in [2.24, 2.45) is 11.3 Å². The summed E-state index contributed by atoms with van der Waals surface area (Å²) in [6, 6.07) is 8.30. The number of carboxylic acids is 1. The van der Waals surface area contributed by atoms with Crippen LogP contribution in [0.2, 0.25) is 0 Å². The second-order valence-electron chi connectivity index (χ2n) is 6.04. The van der Waals surface area contributed by atoms with Gasteiger partial charge in [-0.3, -0.25) is 4.79 Å². The molecule has 1 aliphatic carbocycles. The van der Waals surface area contributed by atoms with Crippen LogP contribution in [0.3, 0.4) is 0 Å². The lowest BCUT2D eigenvalue weighted by Crippen LogP contribution is -2.30. The van der Waals surface area contributed by atoms with Crippen molar-refractivity contribution >= 4 is 27.4 Å². The van der Waals surface area contributed by atoms with E-state index in [0.717, 1.165) is 25.7 Å². The van der Waals surface area contributed by atoms with E-state index in [4.69, 9.17) is 0 Å². The molecular formula is C17H20O2S. The topological polar surface area (TPSA) is 37.3 Å². The largest absolute Gasteiger partial charge is 0.481 e. The Balaban J connectivity index is 1.93. The van der Waals surface area contributed by atoms with E-state index >= 15 is 0 Å². The number of thiophene rings is 1. The molecule has 2 aromatic rings. The van der Waals surface area contributed by atoms with E-state index in [1.165, 1.54) is 15.6 Å². The Morgan fingerprint density at radius 2 is 2.25 bits per heavy atom. The summed E-state index contributed by atoms with van der Waals surface area (Å²) in [5, 5.41) is 13.1. The molecule has 1 aromatic heterocycles. The first-order valence-corrected chi connectivity index (χ1v) is 8.21. The molecule has 2 unspecified atom stereocenters. The van der Waals surface area contributed by atoms with Crippen LogP contribution in [0.4, 0.5) is 0 Å². The fourth-order valence-corrected chi connectivity index (χ4v) is 4.51. The first-order valence-electron chi connectivity index (χ1n) is 7.33. The second kappa shape index (κ2) is 5.21. The summed E-state index contributed by atoms with van der Waals surface area (Å²) in [7, 11) is 0. The maximum Gasteiger partial charge on any atom is 0.309 e. The lowest BCUT2D eigenvalue weighted by Gasteiger charge is -2.24. The fourth-order valence-electron chi connectivity index (χ4n) is 3.55. The van der Waals surface area contributed by atoms with Gasteiger partial charge in [0.1, 0.15) is 0 Å². The van der Waals surface area contributed by atoms with Crippen LogP contribution in [-0.4, -0.2) is 11.1 Å². The normalized spacial score (nSPS) is 26.1. The van der Waals surface area contributed by atoms with Gasteiger partial charge in [-0.05, 0) is 54.0 Å². The van der Waals surface area contributed by atoms with E-state index in [1.54, 1.807) is 11.3 Å². The lowest BCUT2D eigenvalue weighted by molar-refractivity contribution is -0.148. The fraction of sp³-hybridized carbons (Fsp3) is 0.471. The highest BCUT2D eigenvalue weighted by Gasteiger charge is 2.45. The van der Waals surface area contributed by atoms with Gasteiger partial charge < -0.3 is 5.11 Å². The Morgan fingerprint density at radius 3 is 2.95 bits per heavy atom. The van der Waals surface area contributed by atoms with Crippen LogP contribution >= 0.6 is 11.3 Å². The Hall–Kier alpha value is -1.35. The molecular weight excluding hydrogens is 268 g/mol. The van der Waals surface area contributed by atoms with E-state index in [-0.39, 0.29) is 0 Å². The zero-order valence-electron chi connectivity index (χ0n) is 11.8. The van der Waals surface area contributed by atoms with Crippen molar-refractivity contribution in [2.75, 3.05) is 0 Å². The van der Waals surface area contributed by atoms with E-state index in [2.05, 4.69) is 24.4 Å². The molecule has 0 radical (unpaired) electrons. The van der Waals surface area contributed by atoms with Gasteiger partial charge in [-0.2, -0.15) is 0 Å². The first kappa shape index (κ1) is 13.6. The smallest absolute Gasteiger partial charge is 0.309 e. The monoisotopic (exact) mass is 288 g/mol. The molecule has 1 aromatic carbocycles. The predicted molar refractivity (Wildman–Crippen MR) is 83.2 cm³/mol. The van der Waals surface area contributed by atoms with Crippen molar-refractivity contribution in [2.45, 2.75) is 39.0 Å². The van der Waals surface area contributed by atoms with Crippen LogP contribution in [0, 0.1) is 11.3 Å². The summed E-state index contributed by atoms with van der Waals surface area (Å²) in [6.07, 6.45) is 4.50. The standard InChI is InChI=1S/C17H20O2S/c1-2-12-7-8-17(9-12,16(18)19)10-13-11-20-15-6-4-3-5-14(13)15/h3-6,11-12H,2,7-10H2,1H3,(H,18,19). The molecule has 1 heterocycles. The minimum Gasteiger partial charge on any atom is -0.481 e. The lowest BCUT2D eigenvalue weighted by atomic mass is 9.79. The predicted octanol–water partition coefficient (Wildman–Crippen LogP) is 4.72. The highest BCUT2D eigenvalue weighted by atomic mass is 32.1. The molecule has 2 nitrogen and oxygen atoms in total. The number of fused-ring (bicyclic) bond motifs is 1. The van der Waals surface area contributed by atoms with Crippen LogP contribution in [0.15, 0.2) is 29.6 Å². The maximum atomic E-state index is 11.9. The zero-order chi connectivity index (χ0) is 14.2. The zero-order valence-corrected chi connectivity index (χ0v) is 12.6. The number of aliphatic carboxylic acids is 1. The van der Waals surface area contributed by atoms with Crippen molar-refractivity contribution in [1.29, 1.82) is 0 Å².